The fourth-order valence-electron chi connectivity index (χ4n) is 7.46. The third-order valence-electron chi connectivity index (χ3n) is 10.8. The van der Waals surface area contributed by atoms with Crippen LogP contribution in [-0.4, -0.2) is 0 Å². The molecule has 0 aliphatic heterocycles. The van der Waals surface area contributed by atoms with Crippen molar-refractivity contribution in [3.8, 4) is 55.6 Å². The molecule has 0 aliphatic carbocycles. The van der Waals surface area contributed by atoms with Gasteiger partial charge in [-0.05, 0) is 0 Å². The van der Waals surface area contributed by atoms with Crippen LogP contribution in [0.1, 0.15) is 0 Å². The Morgan fingerprint density at radius 3 is 0.699 bits per heavy atom. The maximum atomic E-state index is 3.41. The predicted molar refractivity (Wildman–Crippen MR) is 274 cm³/mol. The first-order valence-electron chi connectivity index (χ1n) is 21.7. The molecule has 123 heavy (non-hydrogen) atoms. The molecule has 0 spiro atoms. The van der Waals surface area contributed by atoms with E-state index in [9.17, 15) is 0 Å². The van der Waals surface area contributed by atoms with Crippen LogP contribution in [0.3, 0.4) is 0 Å². The molecule has 0 atom stereocenters. The van der Waals surface area contributed by atoms with Crippen molar-refractivity contribution < 1.29 is 1860 Å². The van der Waals surface area contributed by atoms with E-state index in [4.69, 9.17) is 0 Å². The summed E-state index contributed by atoms with van der Waals surface area (Å²) < 4.78 is 0. The van der Waals surface area contributed by atoms with E-state index in [1.807, 2.05) is 140 Å². The average Bonchev–Trinajstić information content (AvgIpc) is 3.42. The van der Waals surface area contributed by atoms with Crippen molar-refractivity contribution in [1.29, 1.82) is 0 Å². The monoisotopic (exact) mass is 5900 g/mol. The Kier molecular flexibility index (Phi) is 636. The van der Waals surface area contributed by atoms with E-state index in [2.05, 4.69) is 164 Å². The van der Waals surface area contributed by atoms with Crippen LogP contribution in [0.15, 0.2) is 243 Å². The van der Waals surface area contributed by atoms with Crippen LogP contribution in [-0.2, 0) is 1860 Å². The van der Waals surface area contributed by atoms with Crippen LogP contribution in [0, 0.1) is 60.7 Å². The SMILES string of the molecule is [Y].[Y].[Y].[Y].[Y].[Y].[Y].[Y].[Y].[Y].[Y].[Y].[Y].[Y].[Y].[Y].[Y].[Y].[Y].[Y].[Y].[Y].[Y].[Y].[Y].[Y].[Y].[Y].[Y].[Y].[Y].[Y].[Y].[Y].[Y].[Y].[Y].[Y].[Y].[Y].[Y].[Y].[Y].[Y].[Y].[Y].[Y].[Y].[Y].[Y].[Y].[Y].[Y].[Y].[Y].[Y].[Y].[c-]1ccccc1-c1[c-]c2ccccc2cc1.[c-]1ccccc1-c1[c-]c[c-]c(-c2[c-]cccc2)c1.[c-]1ccccc1-c1[c-]cc2ccccc2c1.[c-]1ccccc1-c1[c-]ccc2ccccc12. The Bertz CT molecular complexity index is 3320. The second-order valence-electron chi connectivity index (χ2n) is 15.2. The fourth-order valence-corrected chi connectivity index (χ4v) is 7.46. The van der Waals surface area contributed by atoms with Crippen molar-refractivity contribution in [2.75, 3.05) is 0 Å². The molecule has 12 aromatic carbocycles. The summed E-state index contributed by atoms with van der Waals surface area (Å²) in [5.74, 6) is 0. The van der Waals surface area contributed by atoms with E-state index in [1.54, 1.807) is 0 Å². The zero-order valence-electron chi connectivity index (χ0n) is 69.0. The molecule has 0 aliphatic rings. The summed E-state index contributed by atoms with van der Waals surface area (Å²) >= 11 is 0. The van der Waals surface area contributed by atoms with Crippen molar-refractivity contribution in [2.45, 2.75) is 0 Å². The van der Waals surface area contributed by atoms with Crippen molar-refractivity contribution in [1.82, 2.24) is 0 Å². The van der Waals surface area contributed by atoms with Crippen LogP contribution in [0.5, 0.6) is 0 Å². The van der Waals surface area contributed by atoms with Crippen LogP contribution >= 0.6 is 0 Å². The molecule has 0 unspecified atom stereocenters. The van der Waals surface area contributed by atoms with Gasteiger partial charge in [-0.1, -0.05) is 66.0 Å². The Hall–Kier alpha value is 54.3. The minimum atomic E-state index is 0. The van der Waals surface area contributed by atoms with Crippen LogP contribution < -0.4 is 0 Å². The summed E-state index contributed by atoms with van der Waals surface area (Å²) in [6.45, 7) is 0. The number of hydrogen-bond acceptors (Lipinski definition) is 0. The Balaban J connectivity index is -0.0000000109. The molecular formula is C66H40Y57-10. The van der Waals surface area contributed by atoms with Crippen molar-refractivity contribution in [3.05, 3.63) is 303 Å². The first kappa shape index (κ1) is 335. The molecule has 57 radical (unpaired) electrons. The first-order valence-corrected chi connectivity index (χ1v) is 21.7. The average molecular weight is 5900 g/mol. The van der Waals surface area contributed by atoms with Gasteiger partial charge in [0, 0.05) is 1860 Å². The largest absolute Gasteiger partial charge is 0.368 e. The topological polar surface area (TPSA) is 0 Å². The molecule has 485 valence electrons. The minimum absolute atomic E-state index is 0. The molecule has 12 aromatic rings. The molecule has 0 saturated carbocycles. The smallest absolute Gasteiger partial charge is 0 e. The summed E-state index contributed by atoms with van der Waals surface area (Å²) in [4.78, 5) is 0. The third kappa shape index (κ3) is 156. The second kappa shape index (κ2) is 234. The maximum Gasteiger partial charge on any atom is 0 e. The van der Waals surface area contributed by atoms with E-state index in [0.29, 0.717) is 0 Å². The van der Waals surface area contributed by atoms with Gasteiger partial charge in [0.05, 0.1) is 0 Å². The molecule has 0 N–H and O–H groups in total. The van der Waals surface area contributed by atoms with Crippen molar-refractivity contribution >= 4 is 32.3 Å². The van der Waals surface area contributed by atoms with Gasteiger partial charge >= 0.3 is 0 Å². The summed E-state index contributed by atoms with van der Waals surface area (Å²) in [6, 6.07) is 114. The summed E-state index contributed by atoms with van der Waals surface area (Å²) in [6.07, 6.45) is 0. The molecule has 0 amide bonds. The third-order valence-corrected chi connectivity index (χ3v) is 10.8. The normalized spacial score (nSPS) is 5.59. The van der Waals surface area contributed by atoms with Gasteiger partial charge in [-0.15, -0.1) is 112 Å². The van der Waals surface area contributed by atoms with Gasteiger partial charge in [0.2, 0.25) is 0 Å². The Labute approximate surface area is 2180 Å². The van der Waals surface area contributed by atoms with Crippen LogP contribution in [0.4, 0.5) is 0 Å². The Morgan fingerprint density at radius 1 is 0.138 bits per heavy atom. The Morgan fingerprint density at radius 2 is 0.390 bits per heavy atom. The summed E-state index contributed by atoms with van der Waals surface area (Å²) in [7, 11) is 0. The quantitative estimate of drug-likeness (QED) is 0.151. The van der Waals surface area contributed by atoms with Gasteiger partial charge in [-0.25, -0.2) is 39.9 Å². The van der Waals surface area contributed by atoms with Gasteiger partial charge in [0.1, 0.15) is 0 Å². The molecule has 0 heterocycles. The molecule has 0 saturated heterocycles. The number of fused-ring (bicyclic) bond motifs is 3. The van der Waals surface area contributed by atoms with Crippen LogP contribution in [0.25, 0.3) is 88.0 Å². The number of hydrogen-bond donors (Lipinski definition) is 0. The van der Waals surface area contributed by atoms with Crippen LogP contribution in [0.2, 0.25) is 0 Å². The molecule has 12 rings (SSSR count). The molecule has 0 bridgehead atoms. The van der Waals surface area contributed by atoms with E-state index >= 15 is 0 Å². The first-order chi connectivity index (χ1) is 32.7. The maximum absolute atomic E-state index is 3.41. The minimum Gasteiger partial charge on any atom is -0.368 e. The summed E-state index contributed by atoms with van der Waals surface area (Å²) in [5, 5.41) is 7.32. The molecule has 0 fully saturated rings. The second-order valence-corrected chi connectivity index (χ2v) is 15.2. The predicted octanol–water partition coefficient (Wildman–Crippen LogP) is 16.4. The number of rotatable bonds is 5. The van der Waals surface area contributed by atoms with E-state index in [-0.39, 0.29) is 1860 Å². The van der Waals surface area contributed by atoms with Crippen molar-refractivity contribution in [2.24, 2.45) is 0 Å². The molecule has 57 heteroatoms. The van der Waals surface area contributed by atoms with Gasteiger partial charge in [0.15, 0.2) is 0 Å². The summed E-state index contributed by atoms with van der Waals surface area (Å²) in [5.41, 5.74) is 10.7. The van der Waals surface area contributed by atoms with Gasteiger partial charge in [-0.3, -0.25) is 11.6 Å². The van der Waals surface area contributed by atoms with Crippen molar-refractivity contribution in [3.63, 3.8) is 0 Å². The zero-order valence-corrected chi connectivity index (χ0v) is 231. The van der Waals surface area contributed by atoms with Gasteiger partial charge in [0.25, 0.3) is 0 Å². The number of benzene rings is 12. The van der Waals surface area contributed by atoms with E-state index < -0.39 is 0 Å². The molecule has 0 nitrogen and oxygen atoms in total. The van der Waals surface area contributed by atoms with E-state index in [1.165, 1.54) is 26.9 Å². The molecular weight excluding hydrogens is 5860 g/mol. The van der Waals surface area contributed by atoms with E-state index in [0.717, 1.165) is 61.0 Å². The van der Waals surface area contributed by atoms with Gasteiger partial charge in [-0.2, -0.15) is 132 Å². The standard InChI is InChI=1S/C18H10.3C16H10.57Y/c1-3-8-15(9-4-1)17-12-7-13-18(14-17)16-10-5-2-6-11-16;1-2-7-13(8-3-1)16-12-6-10-14-9-4-5-11-15(14)16;2*1-2-6-13(7-3-1)16-11-10-14-8-4-5-9-15(14)12-16;;;;;;;;;;;;;;;;;;;;;;;;;;;;;;;;;;;;;;;;;;;;;;;;;;;;;;;;;/h1-8,10,14H;1-7,9-11H;1-6,8-10,12H;1-6,8-11H;;;;;;;;;;;;;;;;;;;;;;;;;;;;;;;;;;;;;;;;;;;;;;;;;;;;;;;;;/q-4;3*-2;;;;;;;;;;;;;;;;;;;;;;;;;;;;;;;;;;;;;;;;;;;;;;;;;;;;;;;;;. The fraction of sp³-hybridized carbons (Fsp3) is 0. The molecule has 0 aromatic heterocycles. The van der Waals surface area contributed by atoms with Gasteiger partial charge < -0.3 is 29.3 Å². The zero-order chi connectivity index (χ0) is 44.6.